The fourth-order valence-electron chi connectivity index (χ4n) is 5.29. The van der Waals surface area contributed by atoms with E-state index in [1.54, 1.807) is 24.3 Å². The number of alkyl halides is 2. The molecule has 1 saturated carbocycles. The van der Waals surface area contributed by atoms with Crippen molar-refractivity contribution in [1.82, 2.24) is 9.62 Å². The van der Waals surface area contributed by atoms with Gasteiger partial charge in [-0.25, -0.2) is 17.5 Å². The second-order valence-corrected chi connectivity index (χ2v) is 11.5. The molecule has 1 unspecified atom stereocenters. The lowest BCUT2D eigenvalue weighted by Crippen LogP contribution is -2.53. The molecule has 35 heavy (non-hydrogen) atoms. The predicted molar refractivity (Wildman–Crippen MR) is 124 cm³/mol. The van der Waals surface area contributed by atoms with Crippen LogP contribution in [0, 0.1) is 18.2 Å². The number of halogens is 3. The molecule has 3 atom stereocenters. The average molecular weight is 509 g/mol. The summed E-state index contributed by atoms with van der Waals surface area (Å²) in [6, 6.07) is 10.6. The Balaban J connectivity index is 1.51. The summed E-state index contributed by atoms with van der Waals surface area (Å²) in [5.74, 6) is -4.38. The Hall–Kier alpha value is -2.43. The number of rotatable bonds is 7. The SMILES string of the molecule is Cc1cccc(-c2cccc(C[C@H]3[C@@H](NS(=O)(=O)C(F)F)C4(CC4)CN3C(=O)C3CCO3)c2F)c1. The van der Waals surface area contributed by atoms with E-state index in [1.807, 2.05) is 25.1 Å². The number of ether oxygens (including phenoxy) is 1. The topological polar surface area (TPSA) is 75.7 Å². The van der Waals surface area contributed by atoms with Crippen molar-refractivity contribution < 1.29 is 31.1 Å². The van der Waals surface area contributed by atoms with Crippen molar-refractivity contribution in [3.05, 3.63) is 59.4 Å². The molecule has 0 radical (unpaired) electrons. The largest absolute Gasteiger partial charge is 0.368 e. The quantitative estimate of drug-likeness (QED) is 0.620. The minimum Gasteiger partial charge on any atom is -0.368 e. The first kappa shape index (κ1) is 24.3. The van der Waals surface area contributed by atoms with Crippen molar-refractivity contribution in [3.63, 3.8) is 0 Å². The summed E-state index contributed by atoms with van der Waals surface area (Å²) in [6.45, 7) is 2.59. The molecule has 1 N–H and O–H groups in total. The number of sulfonamides is 1. The van der Waals surface area contributed by atoms with Gasteiger partial charge in [0.2, 0.25) is 0 Å². The number of nitrogens with one attached hydrogen (secondary N) is 1. The monoisotopic (exact) mass is 508 g/mol. The van der Waals surface area contributed by atoms with E-state index < -0.39 is 45.2 Å². The molecule has 1 amide bonds. The van der Waals surface area contributed by atoms with Crippen LogP contribution in [0.2, 0.25) is 0 Å². The summed E-state index contributed by atoms with van der Waals surface area (Å²) in [5.41, 5.74) is 1.71. The highest BCUT2D eigenvalue weighted by Crippen LogP contribution is 2.56. The standard InChI is InChI=1S/C25H27F3N2O4S/c1-15-4-2-5-16(12-15)18-7-3-6-17(21(18)26)13-19-22(29-35(32,33)24(27)28)25(9-10-25)14-30(19)23(31)20-8-11-34-20/h2-7,12,19-20,22,24,29H,8-11,13-14H2,1H3/t19-,20?,22+/m0/s1. The summed E-state index contributed by atoms with van der Waals surface area (Å²) < 4.78 is 74.1. The van der Waals surface area contributed by atoms with Gasteiger partial charge in [0.1, 0.15) is 11.9 Å². The molecule has 1 spiro atoms. The van der Waals surface area contributed by atoms with E-state index in [9.17, 15) is 22.0 Å². The molecule has 2 aromatic carbocycles. The molecule has 0 aromatic heterocycles. The van der Waals surface area contributed by atoms with Crippen molar-refractivity contribution in [2.75, 3.05) is 13.2 Å². The van der Waals surface area contributed by atoms with Crippen LogP contribution < -0.4 is 4.72 Å². The highest BCUT2D eigenvalue weighted by Gasteiger charge is 2.62. The molecule has 10 heteroatoms. The Bertz CT molecular complexity index is 1250. The normalized spacial score (nSPS) is 25.2. The van der Waals surface area contributed by atoms with Gasteiger partial charge in [-0.2, -0.15) is 8.78 Å². The first-order valence-corrected chi connectivity index (χ1v) is 13.2. The van der Waals surface area contributed by atoms with Gasteiger partial charge in [-0.15, -0.1) is 0 Å². The van der Waals surface area contributed by atoms with E-state index in [0.29, 0.717) is 42.6 Å². The highest BCUT2D eigenvalue weighted by molar-refractivity contribution is 7.89. The van der Waals surface area contributed by atoms with E-state index in [4.69, 9.17) is 4.74 Å². The number of carbonyl (C=O) groups is 1. The van der Waals surface area contributed by atoms with E-state index in [0.717, 1.165) is 5.56 Å². The summed E-state index contributed by atoms with van der Waals surface area (Å²) in [7, 11) is -4.91. The first-order valence-electron chi connectivity index (χ1n) is 11.7. The Morgan fingerprint density at radius 1 is 1.23 bits per heavy atom. The van der Waals surface area contributed by atoms with Crippen LogP contribution in [0.5, 0.6) is 0 Å². The number of likely N-dealkylation sites (tertiary alicyclic amines) is 1. The maximum atomic E-state index is 15.7. The molecule has 2 saturated heterocycles. The zero-order valence-electron chi connectivity index (χ0n) is 19.2. The third kappa shape index (κ3) is 4.47. The number of hydrogen-bond acceptors (Lipinski definition) is 4. The molecule has 188 valence electrons. The van der Waals surface area contributed by atoms with Crippen molar-refractivity contribution in [2.24, 2.45) is 5.41 Å². The number of carbonyl (C=O) groups excluding carboxylic acids is 1. The summed E-state index contributed by atoms with van der Waals surface area (Å²) in [6.07, 6.45) is 1.09. The molecule has 6 nitrogen and oxygen atoms in total. The minimum atomic E-state index is -4.91. The van der Waals surface area contributed by atoms with Crippen LogP contribution in [0.3, 0.4) is 0 Å². The van der Waals surface area contributed by atoms with Crippen molar-refractivity contribution in [2.45, 2.75) is 56.6 Å². The molecule has 3 aliphatic rings. The Labute approximate surface area is 202 Å². The summed E-state index contributed by atoms with van der Waals surface area (Å²) in [4.78, 5) is 14.7. The summed E-state index contributed by atoms with van der Waals surface area (Å²) >= 11 is 0. The number of hydrogen-bond donors (Lipinski definition) is 1. The zero-order valence-corrected chi connectivity index (χ0v) is 20.0. The van der Waals surface area contributed by atoms with Crippen LogP contribution in [0.15, 0.2) is 42.5 Å². The van der Waals surface area contributed by atoms with E-state index in [2.05, 4.69) is 4.72 Å². The number of aryl methyl sites for hydroxylation is 1. The molecular weight excluding hydrogens is 481 g/mol. The Morgan fingerprint density at radius 3 is 2.54 bits per heavy atom. The third-order valence-corrected chi connectivity index (χ3v) is 8.49. The van der Waals surface area contributed by atoms with Crippen LogP contribution in [0.4, 0.5) is 13.2 Å². The molecule has 0 bridgehead atoms. The third-order valence-electron chi connectivity index (χ3n) is 7.44. The lowest BCUT2D eigenvalue weighted by Gasteiger charge is -2.34. The van der Waals surface area contributed by atoms with Crippen LogP contribution in [0.25, 0.3) is 11.1 Å². The molecule has 3 fully saturated rings. The van der Waals surface area contributed by atoms with Crippen LogP contribution in [-0.2, 0) is 26.0 Å². The smallest absolute Gasteiger partial charge is 0.350 e. The van der Waals surface area contributed by atoms with Gasteiger partial charge in [-0.3, -0.25) is 4.79 Å². The number of benzene rings is 2. The van der Waals surface area contributed by atoms with Gasteiger partial charge in [0.25, 0.3) is 15.9 Å². The fraction of sp³-hybridized carbons (Fsp3) is 0.480. The Kier molecular flexibility index (Phi) is 6.17. The van der Waals surface area contributed by atoms with Crippen LogP contribution >= 0.6 is 0 Å². The Morgan fingerprint density at radius 2 is 1.94 bits per heavy atom. The highest BCUT2D eigenvalue weighted by atomic mass is 32.2. The first-order chi connectivity index (χ1) is 16.6. The van der Waals surface area contributed by atoms with Gasteiger partial charge in [-0.1, -0.05) is 48.0 Å². The molecule has 5 rings (SSSR count). The van der Waals surface area contributed by atoms with E-state index in [1.165, 1.54) is 4.90 Å². The van der Waals surface area contributed by atoms with Crippen molar-refractivity contribution >= 4 is 15.9 Å². The number of nitrogens with zero attached hydrogens (tertiary/aromatic N) is 1. The molecule has 1 aliphatic carbocycles. The molecule has 2 heterocycles. The van der Waals surface area contributed by atoms with Gasteiger partial charge in [0, 0.05) is 30.0 Å². The zero-order chi connectivity index (χ0) is 25.0. The van der Waals surface area contributed by atoms with Gasteiger partial charge in [0.05, 0.1) is 12.6 Å². The second kappa shape index (κ2) is 8.90. The minimum absolute atomic E-state index is 0.0118. The van der Waals surface area contributed by atoms with E-state index in [-0.39, 0.29) is 18.9 Å². The predicted octanol–water partition coefficient (Wildman–Crippen LogP) is 3.63. The lowest BCUT2D eigenvalue weighted by atomic mass is 9.91. The van der Waals surface area contributed by atoms with Gasteiger partial charge < -0.3 is 9.64 Å². The van der Waals surface area contributed by atoms with Crippen molar-refractivity contribution in [3.8, 4) is 11.1 Å². The molecular formula is C25H27F3N2O4S. The van der Waals surface area contributed by atoms with Crippen LogP contribution in [0.1, 0.15) is 30.4 Å². The van der Waals surface area contributed by atoms with Crippen LogP contribution in [-0.4, -0.2) is 56.3 Å². The molecule has 2 aliphatic heterocycles. The maximum absolute atomic E-state index is 15.7. The average Bonchev–Trinajstić information content (AvgIpc) is 3.49. The molecule has 2 aromatic rings. The van der Waals surface area contributed by atoms with Gasteiger partial charge in [0.15, 0.2) is 0 Å². The van der Waals surface area contributed by atoms with Crippen molar-refractivity contribution in [1.29, 1.82) is 0 Å². The number of amides is 1. The van der Waals surface area contributed by atoms with E-state index >= 15 is 4.39 Å². The summed E-state index contributed by atoms with van der Waals surface area (Å²) in [5, 5.41) is 0. The maximum Gasteiger partial charge on any atom is 0.350 e. The second-order valence-electron chi connectivity index (χ2n) is 9.80. The lowest BCUT2D eigenvalue weighted by molar-refractivity contribution is -0.157. The van der Waals surface area contributed by atoms with Gasteiger partial charge >= 0.3 is 5.76 Å². The fourth-order valence-corrected chi connectivity index (χ4v) is 6.15. The van der Waals surface area contributed by atoms with Gasteiger partial charge in [-0.05, 0) is 37.3 Å².